The van der Waals surface area contributed by atoms with Crippen LogP contribution in [0.3, 0.4) is 0 Å². The monoisotopic (exact) mass is 730 g/mol. The molecule has 5 atom stereocenters. The van der Waals surface area contributed by atoms with Crippen molar-refractivity contribution in [2.45, 2.75) is 70.9 Å². The fourth-order valence-corrected chi connectivity index (χ4v) is 5.75. The van der Waals surface area contributed by atoms with Gasteiger partial charge in [-0.25, -0.2) is 14.6 Å². The number of amides is 3. The van der Waals surface area contributed by atoms with E-state index in [0.717, 1.165) is 30.5 Å². The minimum Gasteiger partial charge on any atom is -0.460 e. The van der Waals surface area contributed by atoms with Crippen LogP contribution in [0.25, 0.3) is 0 Å². The molecule has 5 unspecified atom stereocenters. The second kappa shape index (κ2) is 17.8. The van der Waals surface area contributed by atoms with E-state index in [4.69, 9.17) is 13.9 Å². The third-order valence-corrected chi connectivity index (χ3v) is 8.39. The van der Waals surface area contributed by atoms with Crippen molar-refractivity contribution in [3.05, 3.63) is 83.6 Å². The molecule has 16 heteroatoms. The number of oxazole rings is 1. The first kappa shape index (κ1) is 39.5. The van der Waals surface area contributed by atoms with Gasteiger partial charge in [0, 0.05) is 37.0 Å². The first-order chi connectivity index (χ1) is 24.6. The van der Waals surface area contributed by atoms with E-state index in [1.807, 2.05) is 0 Å². The van der Waals surface area contributed by atoms with Crippen LogP contribution in [0.1, 0.15) is 62.0 Å². The van der Waals surface area contributed by atoms with Crippen molar-refractivity contribution in [2.75, 3.05) is 25.0 Å². The topological polar surface area (TPSA) is 177 Å². The Morgan fingerprint density at radius 1 is 1.17 bits per heavy atom. The van der Waals surface area contributed by atoms with Crippen molar-refractivity contribution in [2.24, 2.45) is 11.8 Å². The number of fused-ring (bicyclic) bond motifs is 3. The molecule has 1 saturated heterocycles. The van der Waals surface area contributed by atoms with Crippen LogP contribution in [0.5, 0.6) is 0 Å². The number of cyclic esters (lactones) is 1. The molecule has 0 spiro atoms. The molecule has 1 aromatic carbocycles. The number of ether oxygens (including phenoxy) is 2. The van der Waals surface area contributed by atoms with Crippen molar-refractivity contribution >= 4 is 35.3 Å². The minimum absolute atomic E-state index is 0.0227. The Kier molecular flexibility index (Phi) is 13.5. The first-order valence-electron chi connectivity index (χ1n) is 16.7. The maximum Gasteiger partial charge on any atom is 0.416 e. The zero-order chi connectivity index (χ0) is 38.0. The zero-order valence-electron chi connectivity index (χ0n) is 28.9. The third-order valence-electron chi connectivity index (χ3n) is 8.39. The normalized spacial score (nSPS) is 25.5. The molecule has 4 rings (SSSR count). The molecular formula is C36H41F3N4O9. The van der Waals surface area contributed by atoms with Gasteiger partial charge in [0.15, 0.2) is 5.69 Å². The van der Waals surface area contributed by atoms with Crippen LogP contribution in [0.2, 0.25) is 0 Å². The highest BCUT2D eigenvalue weighted by molar-refractivity contribution is 5.95. The largest absolute Gasteiger partial charge is 0.460 e. The highest BCUT2D eigenvalue weighted by Crippen LogP contribution is 2.30. The molecule has 3 amide bonds. The number of esters is 1. The average Bonchev–Trinajstić information content (AvgIpc) is 3.76. The Balaban J connectivity index is 1.52. The molecule has 1 aromatic heterocycles. The number of aliphatic hydroxyl groups is 1. The van der Waals surface area contributed by atoms with Crippen LogP contribution < -0.4 is 10.6 Å². The smallest absolute Gasteiger partial charge is 0.416 e. The molecule has 2 aromatic rings. The van der Waals surface area contributed by atoms with Crippen LogP contribution in [0, 0.1) is 11.8 Å². The van der Waals surface area contributed by atoms with E-state index in [-0.39, 0.29) is 62.0 Å². The molecule has 0 aliphatic carbocycles. The number of hydrogen-bond donors (Lipinski definition) is 3. The van der Waals surface area contributed by atoms with E-state index in [0.29, 0.717) is 12.0 Å². The summed E-state index contributed by atoms with van der Waals surface area (Å²) in [5.74, 6) is -3.46. The minimum atomic E-state index is -4.54. The van der Waals surface area contributed by atoms with E-state index in [1.54, 1.807) is 32.9 Å². The summed E-state index contributed by atoms with van der Waals surface area (Å²) >= 11 is 0. The Labute approximate surface area is 297 Å². The number of hydrogen-bond acceptors (Lipinski definition) is 10. The molecule has 0 saturated carbocycles. The summed E-state index contributed by atoms with van der Waals surface area (Å²) in [5, 5.41) is 15.4. The number of carbonyl (C=O) groups is 5. The summed E-state index contributed by atoms with van der Waals surface area (Å²) in [5.41, 5.74) is -0.276. The summed E-state index contributed by atoms with van der Waals surface area (Å²) in [7, 11) is 0. The fourth-order valence-electron chi connectivity index (χ4n) is 5.75. The van der Waals surface area contributed by atoms with Gasteiger partial charge in [-0.1, -0.05) is 43.7 Å². The molecule has 2 bridgehead atoms. The van der Waals surface area contributed by atoms with Crippen molar-refractivity contribution in [1.82, 2.24) is 15.2 Å². The summed E-state index contributed by atoms with van der Waals surface area (Å²) in [6.07, 6.45) is 1.46. The van der Waals surface area contributed by atoms with Crippen LogP contribution >= 0.6 is 0 Å². The number of allylic oxidation sites excluding steroid dienone is 2. The van der Waals surface area contributed by atoms with Gasteiger partial charge in [-0.2, -0.15) is 13.2 Å². The quantitative estimate of drug-likeness (QED) is 0.371. The number of carbonyl (C=O) groups excluding carboxylic acids is 5. The third kappa shape index (κ3) is 11.4. The van der Waals surface area contributed by atoms with E-state index < -0.39 is 65.7 Å². The number of halogens is 3. The van der Waals surface area contributed by atoms with Gasteiger partial charge >= 0.3 is 18.2 Å². The van der Waals surface area contributed by atoms with E-state index in [1.165, 1.54) is 23.1 Å². The summed E-state index contributed by atoms with van der Waals surface area (Å²) < 4.78 is 55.3. The number of Topliss-reactive ketones (excluding diaryl/α,β-unsaturated/α-hetero) is 1. The molecule has 3 heterocycles. The second-order valence-corrected chi connectivity index (χ2v) is 12.7. The molecule has 13 nitrogen and oxygen atoms in total. The van der Waals surface area contributed by atoms with Crippen LogP contribution in [-0.2, 0) is 36.5 Å². The van der Waals surface area contributed by atoms with Crippen LogP contribution in [0.15, 0.2) is 70.9 Å². The van der Waals surface area contributed by atoms with Crippen LogP contribution in [-0.4, -0.2) is 82.6 Å². The molecule has 3 N–H and O–H groups in total. The van der Waals surface area contributed by atoms with Gasteiger partial charge in [-0.15, -0.1) is 0 Å². The Morgan fingerprint density at radius 2 is 1.90 bits per heavy atom. The van der Waals surface area contributed by atoms with E-state index in [2.05, 4.69) is 15.6 Å². The zero-order valence-corrected chi connectivity index (χ0v) is 28.9. The average molecular weight is 731 g/mol. The lowest BCUT2D eigenvalue weighted by Crippen LogP contribution is -2.44. The SMILES string of the molecule is CC1=C\C(O)CC(=O)Cc2nc(co2)C(=O)N2CCCC2C(=O)OC(C(C)COC(=O)Nc2ccc(C(F)(F)F)cc2)C(C)/C=C/C(=O)NC\C=C\1. The maximum atomic E-state index is 13.6. The molecule has 0 radical (unpaired) electrons. The molecular weight excluding hydrogens is 689 g/mol. The van der Waals surface area contributed by atoms with Crippen molar-refractivity contribution in [3.63, 3.8) is 0 Å². The Bertz CT molecular complexity index is 1700. The molecule has 52 heavy (non-hydrogen) atoms. The summed E-state index contributed by atoms with van der Waals surface area (Å²) in [6, 6.07) is 2.80. The molecule has 2 aliphatic heterocycles. The van der Waals surface area contributed by atoms with Gasteiger partial charge < -0.3 is 29.2 Å². The fraction of sp³-hybridized carbons (Fsp3) is 0.444. The number of rotatable bonds is 4. The Hall–Kier alpha value is -5.25. The second-order valence-electron chi connectivity index (χ2n) is 12.7. The van der Waals surface area contributed by atoms with Crippen molar-refractivity contribution in [3.8, 4) is 0 Å². The van der Waals surface area contributed by atoms with Gasteiger partial charge in [0.1, 0.15) is 24.2 Å². The van der Waals surface area contributed by atoms with Gasteiger partial charge in [0.2, 0.25) is 11.8 Å². The van der Waals surface area contributed by atoms with Gasteiger partial charge in [0.05, 0.1) is 24.7 Å². The van der Waals surface area contributed by atoms with Gasteiger partial charge in [-0.3, -0.25) is 19.7 Å². The molecule has 280 valence electrons. The number of nitrogens with zero attached hydrogens (tertiary/aromatic N) is 2. The lowest BCUT2D eigenvalue weighted by Gasteiger charge is -2.30. The number of aromatic nitrogens is 1. The number of nitrogens with one attached hydrogen (secondary N) is 2. The van der Waals surface area contributed by atoms with Gasteiger partial charge in [0.25, 0.3) is 5.91 Å². The van der Waals surface area contributed by atoms with Crippen LogP contribution in [0.4, 0.5) is 23.7 Å². The predicted octanol–water partition coefficient (Wildman–Crippen LogP) is 4.78. The summed E-state index contributed by atoms with van der Waals surface area (Å²) in [4.78, 5) is 70.2. The van der Waals surface area contributed by atoms with Crippen molar-refractivity contribution < 1.29 is 56.1 Å². The van der Waals surface area contributed by atoms with E-state index >= 15 is 0 Å². The first-order valence-corrected chi connectivity index (χ1v) is 16.7. The number of benzene rings is 1. The number of alkyl halides is 3. The standard InChI is InChI=1S/C36H41F3N4O9/c1-21-6-4-14-40-30(46)13-8-22(2)32(23(3)19-51-35(49)41-25-11-9-24(10-12-25)36(37,38)39)52-34(48)29-7-5-15-43(29)33(47)28-20-50-31(42-28)18-27(45)17-26(44)16-21/h4,6,8-13,16,20,22-23,26,29,32,44H,5,7,14-15,17-19H2,1-3H3,(H,40,46)(H,41,49)/b6-4+,13-8+,21-16+. The lowest BCUT2D eigenvalue weighted by atomic mass is 9.93. The lowest BCUT2D eigenvalue weighted by molar-refractivity contribution is -0.159. The van der Waals surface area contributed by atoms with Crippen molar-refractivity contribution in [1.29, 1.82) is 0 Å². The highest BCUT2D eigenvalue weighted by atomic mass is 19.4. The predicted molar refractivity (Wildman–Crippen MR) is 180 cm³/mol. The molecule has 2 aliphatic rings. The number of anilines is 1. The van der Waals surface area contributed by atoms with Gasteiger partial charge in [-0.05, 0) is 50.1 Å². The van der Waals surface area contributed by atoms with E-state index in [9.17, 15) is 42.3 Å². The maximum absolute atomic E-state index is 13.6. The Morgan fingerprint density at radius 3 is 2.62 bits per heavy atom. The summed E-state index contributed by atoms with van der Waals surface area (Å²) in [6.45, 7) is 5.14. The highest BCUT2D eigenvalue weighted by Gasteiger charge is 2.39. The number of aliphatic hydroxyl groups excluding tert-OH is 1. The number of ketones is 1. The molecule has 1 fully saturated rings.